The molecular formula is C14H21N5O2. The highest BCUT2D eigenvalue weighted by Crippen LogP contribution is 2.12. The molecule has 0 aromatic carbocycles. The first kappa shape index (κ1) is 15.4. The molecule has 1 aliphatic rings. The first-order chi connectivity index (χ1) is 9.90. The smallest absolute Gasteiger partial charge is 0.274 e. The van der Waals surface area contributed by atoms with Gasteiger partial charge in [0.1, 0.15) is 11.7 Å². The van der Waals surface area contributed by atoms with Crippen molar-refractivity contribution in [1.82, 2.24) is 24.7 Å². The van der Waals surface area contributed by atoms with Crippen LogP contribution in [0, 0.1) is 6.92 Å². The Hall–Kier alpha value is -2.02. The topological polar surface area (TPSA) is 69.6 Å². The van der Waals surface area contributed by atoms with Crippen molar-refractivity contribution < 1.29 is 9.59 Å². The standard InChI is InChI=1S/C14H21N5O2/c1-10-7-16-11(8-15-10)13(20)19-6-5-18(4)12(9-19)14(21)17(2)3/h7-8,12H,5-6,9H2,1-4H3. The predicted octanol–water partition coefficient (Wildman–Crippen LogP) is -0.371. The molecule has 114 valence electrons. The highest BCUT2D eigenvalue weighted by atomic mass is 16.2. The second kappa shape index (κ2) is 6.17. The monoisotopic (exact) mass is 291 g/mol. The Bertz CT molecular complexity index is 529. The summed E-state index contributed by atoms with van der Waals surface area (Å²) in [5.41, 5.74) is 1.09. The molecule has 1 aromatic heterocycles. The fourth-order valence-corrected chi connectivity index (χ4v) is 2.29. The highest BCUT2D eigenvalue weighted by Gasteiger charge is 2.33. The molecule has 7 nitrogen and oxygen atoms in total. The van der Waals surface area contributed by atoms with Crippen molar-refractivity contribution in [2.24, 2.45) is 0 Å². The summed E-state index contributed by atoms with van der Waals surface area (Å²) in [6.45, 7) is 3.45. The molecule has 1 aliphatic heterocycles. The van der Waals surface area contributed by atoms with Crippen LogP contribution >= 0.6 is 0 Å². The zero-order valence-corrected chi connectivity index (χ0v) is 12.9. The van der Waals surface area contributed by atoms with Crippen molar-refractivity contribution in [2.45, 2.75) is 13.0 Å². The summed E-state index contributed by atoms with van der Waals surface area (Å²) < 4.78 is 0. The van der Waals surface area contributed by atoms with Gasteiger partial charge in [-0.05, 0) is 14.0 Å². The first-order valence-electron chi connectivity index (χ1n) is 6.89. The van der Waals surface area contributed by atoms with Crippen molar-refractivity contribution in [2.75, 3.05) is 40.8 Å². The number of likely N-dealkylation sites (N-methyl/N-ethyl adjacent to an activating group) is 2. The lowest BCUT2D eigenvalue weighted by molar-refractivity contribution is -0.135. The van der Waals surface area contributed by atoms with Crippen LogP contribution in [0.15, 0.2) is 12.4 Å². The summed E-state index contributed by atoms with van der Waals surface area (Å²) in [6, 6.07) is -0.309. The molecule has 0 spiro atoms. The molecule has 0 N–H and O–H groups in total. The van der Waals surface area contributed by atoms with E-state index in [1.165, 1.54) is 6.20 Å². The molecule has 2 amide bonds. The average molecular weight is 291 g/mol. The van der Waals surface area contributed by atoms with Crippen LogP contribution in [0.2, 0.25) is 0 Å². The Morgan fingerprint density at radius 2 is 1.95 bits per heavy atom. The third-order valence-corrected chi connectivity index (χ3v) is 3.66. The van der Waals surface area contributed by atoms with Gasteiger partial charge in [0.05, 0.1) is 11.9 Å². The number of amides is 2. The van der Waals surface area contributed by atoms with Gasteiger partial charge in [0.2, 0.25) is 5.91 Å². The third kappa shape index (κ3) is 3.36. The number of piperazine rings is 1. The zero-order valence-electron chi connectivity index (χ0n) is 12.9. The molecule has 1 unspecified atom stereocenters. The van der Waals surface area contributed by atoms with Gasteiger partial charge in [-0.2, -0.15) is 0 Å². The van der Waals surface area contributed by atoms with E-state index in [1.54, 1.807) is 30.1 Å². The van der Waals surface area contributed by atoms with Crippen LogP contribution in [0.3, 0.4) is 0 Å². The summed E-state index contributed by atoms with van der Waals surface area (Å²) in [4.78, 5) is 38.0. The lowest BCUT2D eigenvalue weighted by Crippen LogP contribution is -2.58. The number of carbonyl (C=O) groups excluding carboxylic acids is 2. The molecule has 1 atom stereocenters. The van der Waals surface area contributed by atoms with Crippen LogP contribution in [-0.2, 0) is 4.79 Å². The maximum Gasteiger partial charge on any atom is 0.274 e. The molecule has 7 heteroatoms. The highest BCUT2D eigenvalue weighted by molar-refractivity contribution is 5.93. The number of hydrogen-bond donors (Lipinski definition) is 0. The number of carbonyl (C=O) groups is 2. The maximum absolute atomic E-state index is 12.4. The van der Waals surface area contributed by atoms with E-state index in [9.17, 15) is 9.59 Å². The minimum absolute atomic E-state index is 0.00462. The fourth-order valence-electron chi connectivity index (χ4n) is 2.29. The van der Waals surface area contributed by atoms with Crippen LogP contribution in [-0.4, -0.2) is 83.3 Å². The Kier molecular flexibility index (Phi) is 4.52. The molecule has 1 aromatic rings. The molecule has 2 rings (SSSR count). The molecular weight excluding hydrogens is 270 g/mol. The van der Waals surface area contributed by atoms with Crippen molar-refractivity contribution in [3.63, 3.8) is 0 Å². The van der Waals surface area contributed by atoms with Crippen molar-refractivity contribution >= 4 is 11.8 Å². The maximum atomic E-state index is 12.4. The van der Waals surface area contributed by atoms with Crippen LogP contribution in [0.5, 0.6) is 0 Å². The number of aromatic nitrogens is 2. The largest absolute Gasteiger partial charge is 0.347 e. The van der Waals surface area contributed by atoms with Gasteiger partial charge in [0.15, 0.2) is 0 Å². The lowest BCUT2D eigenvalue weighted by Gasteiger charge is -2.39. The molecule has 0 aliphatic carbocycles. The van der Waals surface area contributed by atoms with E-state index in [2.05, 4.69) is 9.97 Å². The van der Waals surface area contributed by atoms with Crippen LogP contribution in [0.4, 0.5) is 0 Å². The first-order valence-corrected chi connectivity index (χ1v) is 6.89. The van der Waals surface area contributed by atoms with Crippen LogP contribution in [0.25, 0.3) is 0 Å². The number of nitrogens with zero attached hydrogens (tertiary/aromatic N) is 5. The fraction of sp³-hybridized carbons (Fsp3) is 0.571. The van der Waals surface area contributed by atoms with Crippen LogP contribution < -0.4 is 0 Å². The Morgan fingerprint density at radius 3 is 2.52 bits per heavy atom. The summed E-state index contributed by atoms with van der Waals surface area (Å²) in [5.74, 6) is -0.169. The molecule has 0 radical (unpaired) electrons. The molecule has 21 heavy (non-hydrogen) atoms. The zero-order chi connectivity index (χ0) is 15.6. The van der Waals surface area contributed by atoms with Gasteiger partial charge < -0.3 is 9.80 Å². The second-order valence-corrected chi connectivity index (χ2v) is 5.52. The Morgan fingerprint density at radius 1 is 1.24 bits per heavy atom. The van der Waals surface area contributed by atoms with E-state index in [0.717, 1.165) is 5.69 Å². The van der Waals surface area contributed by atoms with E-state index < -0.39 is 0 Å². The Labute approximate surface area is 124 Å². The summed E-state index contributed by atoms with van der Waals surface area (Å²) >= 11 is 0. The van der Waals surface area contributed by atoms with E-state index in [0.29, 0.717) is 25.3 Å². The van der Waals surface area contributed by atoms with Gasteiger partial charge in [-0.25, -0.2) is 4.98 Å². The van der Waals surface area contributed by atoms with Crippen LogP contribution in [0.1, 0.15) is 16.2 Å². The van der Waals surface area contributed by atoms with Gasteiger partial charge in [-0.15, -0.1) is 0 Å². The summed E-state index contributed by atoms with van der Waals surface area (Å²) in [6.07, 6.45) is 3.06. The molecule has 1 fully saturated rings. The predicted molar refractivity (Wildman–Crippen MR) is 77.8 cm³/mol. The van der Waals surface area contributed by atoms with Gasteiger partial charge in [0, 0.05) is 39.9 Å². The van der Waals surface area contributed by atoms with E-state index >= 15 is 0 Å². The van der Waals surface area contributed by atoms with Crippen molar-refractivity contribution in [3.05, 3.63) is 23.8 Å². The minimum Gasteiger partial charge on any atom is -0.347 e. The number of aryl methyl sites for hydroxylation is 1. The third-order valence-electron chi connectivity index (χ3n) is 3.66. The quantitative estimate of drug-likeness (QED) is 0.743. The molecule has 2 heterocycles. The average Bonchev–Trinajstić information content (AvgIpc) is 2.47. The van der Waals surface area contributed by atoms with Gasteiger partial charge in [0.25, 0.3) is 5.91 Å². The Balaban J connectivity index is 2.12. The summed E-state index contributed by atoms with van der Waals surface area (Å²) in [5, 5.41) is 0. The van der Waals surface area contributed by atoms with Gasteiger partial charge >= 0.3 is 0 Å². The molecule has 0 saturated carbocycles. The number of hydrogen-bond acceptors (Lipinski definition) is 5. The summed E-state index contributed by atoms with van der Waals surface area (Å²) in [7, 11) is 5.35. The minimum atomic E-state index is -0.309. The molecule has 0 bridgehead atoms. The normalized spacial score (nSPS) is 19.4. The second-order valence-electron chi connectivity index (χ2n) is 5.52. The van der Waals surface area contributed by atoms with E-state index in [-0.39, 0.29) is 17.9 Å². The van der Waals surface area contributed by atoms with E-state index in [4.69, 9.17) is 0 Å². The molecule has 1 saturated heterocycles. The van der Waals surface area contributed by atoms with Crippen molar-refractivity contribution in [3.8, 4) is 0 Å². The van der Waals surface area contributed by atoms with Gasteiger partial charge in [-0.1, -0.05) is 0 Å². The van der Waals surface area contributed by atoms with E-state index in [1.807, 2.05) is 18.9 Å². The SMILES string of the molecule is Cc1cnc(C(=O)N2CCN(C)C(C(=O)N(C)C)C2)cn1. The van der Waals surface area contributed by atoms with Crippen molar-refractivity contribution in [1.29, 1.82) is 0 Å². The lowest BCUT2D eigenvalue weighted by atomic mass is 10.1. The number of rotatable bonds is 2. The van der Waals surface area contributed by atoms with Gasteiger partial charge in [-0.3, -0.25) is 19.5 Å².